The van der Waals surface area contributed by atoms with Crippen LogP contribution < -0.4 is 5.32 Å². The summed E-state index contributed by atoms with van der Waals surface area (Å²) in [6.45, 7) is 7.66. The Kier molecular flexibility index (Phi) is 6.52. The fraction of sp³-hybridized carbons (Fsp3) is 0.542. The number of nitrogens with one attached hydrogen (secondary N) is 1. The Hall–Kier alpha value is -2.79. The fourth-order valence-corrected chi connectivity index (χ4v) is 6.39. The molecular formula is C24H31FN4O5S. The summed E-state index contributed by atoms with van der Waals surface area (Å²) in [7, 11) is -4.05. The van der Waals surface area contributed by atoms with Gasteiger partial charge in [-0.15, -0.1) is 0 Å². The van der Waals surface area contributed by atoms with Crippen LogP contribution in [0.2, 0.25) is 0 Å². The molecule has 2 fully saturated rings. The molecule has 0 unspecified atom stereocenters. The standard InChI is InChI=1S/C24H31FN4O5S/c1-16-15-28(21(30)24(9-10-24)27-22(31)34-23(2,3)4)11-6-12-29(16)35(32,33)19-8-5-7-17-13-26-14-18(25)20(17)19/h5,7-8,13-14,16H,6,9-12,15H2,1-4H3,(H,27,31)/t16-/m0/s1. The molecule has 190 valence electrons. The average Bonchev–Trinajstić information content (AvgIpc) is 3.56. The van der Waals surface area contributed by atoms with E-state index in [1.165, 1.54) is 16.6 Å². The average molecular weight is 507 g/mol. The number of hydrogen-bond acceptors (Lipinski definition) is 6. The molecule has 2 aliphatic rings. The monoisotopic (exact) mass is 506 g/mol. The fourth-order valence-electron chi connectivity index (χ4n) is 4.50. The van der Waals surface area contributed by atoms with E-state index in [1.807, 2.05) is 0 Å². The van der Waals surface area contributed by atoms with Crippen molar-refractivity contribution in [1.29, 1.82) is 0 Å². The molecule has 1 saturated heterocycles. The van der Waals surface area contributed by atoms with Gasteiger partial charge in [-0.25, -0.2) is 17.6 Å². The lowest BCUT2D eigenvalue weighted by Gasteiger charge is -2.31. The van der Waals surface area contributed by atoms with Gasteiger partial charge >= 0.3 is 6.09 Å². The Balaban J connectivity index is 1.54. The molecule has 1 N–H and O–H groups in total. The van der Waals surface area contributed by atoms with Crippen LogP contribution >= 0.6 is 0 Å². The molecule has 1 aliphatic carbocycles. The Morgan fingerprint density at radius 3 is 2.57 bits per heavy atom. The number of halogens is 1. The molecule has 0 spiro atoms. The molecule has 35 heavy (non-hydrogen) atoms. The molecule has 9 nitrogen and oxygen atoms in total. The van der Waals surface area contributed by atoms with E-state index in [1.54, 1.807) is 44.7 Å². The lowest BCUT2D eigenvalue weighted by Crippen LogP contribution is -2.53. The molecule has 2 amide bonds. The van der Waals surface area contributed by atoms with E-state index < -0.39 is 39.1 Å². The van der Waals surface area contributed by atoms with Gasteiger partial charge in [0.1, 0.15) is 11.1 Å². The van der Waals surface area contributed by atoms with E-state index >= 15 is 0 Å². The maximum Gasteiger partial charge on any atom is 0.408 e. The van der Waals surface area contributed by atoms with Crippen molar-refractivity contribution >= 4 is 32.8 Å². The number of ether oxygens (including phenoxy) is 1. The molecule has 11 heteroatoms. The summed E-state index contributed by atoms with van der Waals surface area (Å²) in [5, 5.41) is 3.12. The first-order chi connectivity index (χ1) is 16.3. The van der Waals surface area contributed by atoms with Crippen molar-refractivity contribution in [2.45, 2.75) is 69.0 Å². The highest BCUT2D eigenvalue weighted by Crippen LogP contribution is 2.38. The number of rotatable bonds is 4. The largest absolute Gasteiger partial charge is 0.444 e. The normalized spacial score (nSPS) is 20.8. The summed E-state index contributed by atoms with van der Waals surface area (Å²) < 4.78 is 48.5. The Labute approximate surface area is 204 Å². The maximum absolute atomic E-state index is 14.6. The van der Waals surface area contributed by atoms with Crippen molar-refractivity contribution in [2.75, 3.05) is 19.6 Å². The predicted octanol–water partition coefficient (Wildman–Crippen LogP) is 3.04. The third-order valence-corrected chi connectivity index (χ3v) is 8.31. The molecule has 4 rings (SSSR count). The van der Waals surface area contributed by atoms with E-state index in [4.69, 9.17) is 4.74 Å². The second-order valence-corrected chi connectivity index (χ2v) is 12.1. The van der Waals surface area contributed by atoms with E-state index in [0.717, 1.165) is 6.20 Å². The number of sulfonamides is 1. The van der Waals surface area contributed by atoms with Gasteiger partial charge in [-0.3, -0.25) is 9.78 Å². The number of amides is 2. The van der Waals surface area contributed by atoms with Gasteiger partial charge in [0.05, 0.1) is 11.1 Å². The first-order valence-corrected chi connectivity index (χ1v) is 13.1. The zero-order valence-corrected chi connectivity index (χ0v) is 21.2. The number of carbonyl (C=O) groups excluding carboxylic acids is 2. The van der Waals surface area contributed by atoms with Crippen molar-refractivity contribution < 1.29 is 27.1 Å². The number of benzene rings is 1. The summed E-state index contributed by atoms with van der Waals surface area (Å²) in [6.07, 6.45) is 3.19. The van der Waals surface area contributed by atoms with Crippen LogP contribution in [-0.4, -0.2) is 71.4 Å². The number of hydrogen-bond donors (Lipinski definition) is 1. The van der Waals surface area contributed by atoms with Crippen LogP contribution in [0, 0.1) is 5.82 Å². The second kappa shape index (κ2) is 9.02. The lowest BCUT2D eigenvalue weighted by atomic mass is 10.2. The highest BCUT2D eigenvalue weighted by Gasteiger charge is 2.54. The first-order valence-electron chi connectivity index (χ1n) is 11.7. The molecular weight excluding hydrogens is 475 g/mol. The third kappa shape index (κ3) is 5.11. The summed E-state index contributed by atoms with van der Waals surface area (Å²) in [6, 6.07) is 4.02. The van der Waals surface area contributed by atoms with Gasteiger partial charge in [0, 0.05) is 42.6 Å². The number of fused-ring (bicyclic) bond motifs is 1. The van der Waals surface area contributed by atoms with Crippen molar-refractivity contribution in [2.24, 2.45) is 0 Å². The minimum absolute atomic E-state index is 0.00498. The Bertz CT molecular complexity index is 1250. The van der Waals surface area contributed by atoms with Gasteiger partial charge in [0.25, 0.3) is 0 Å². The van der Waals surface area contributed by atoms with E-state index in [2.05, 4.69) is 10.3 Å². The minimum atomic E-state index is -4.05. The topological polar surface area (TPSA) is 109 Å². The second-order valence-electron chi connectivity index (χ2n) is 10.3. The minimum Gasteiger partial charge on any atom is -0.444 e. The number of alkyl carbamates (subject to hydrolysis) is 1. The number of pyridine rings is 1. The zero-order chi connectivity index (χ0) is 25.6. The third-order valence-electron chi connectivity index (χ3n) is 6.26. The zero-order valence-electron chi connectivity index (χ0n) is 20.4. The Morgan fingerprint density at radius 2 is 1.91 bits per heavy atom. The maximum atomic E-state index is 14.6. The summed E-state index contributed by atoms with van der Waals surface area (Å²) in [4.78, 5) is 30.9. The van der Waals surface area contributed by atoms with Gasteiger partial charge in [0.15, 0.2) is 5.82 Å². The molecule has 2 aromatic rings. The quantitative estimate of drug-likeness (QED) is 0.683. The highest BCUT2D eigenvalue weighted by molar-refractivity contribution is 7.89. The van der Waals surface area contributed by atoms with Crippen molar-refractivity contribution in [3.05, 3.63) is 36.4 Å². The van der Waals surface area contributed by atoms with Gasteiger partial charge in [-0.2, -0.15) is 4.31 Å². The molecule has 2 heterocycles. The van der Waals surface area contributed by atoms with Crippen LogP contribution in [-0.2, 0) is 19.6 Å². The summed E-state index contributed by atoms with van der Waals surface area (Å²) >= 11 is 0. The van der Waals surface area contributed by atoms with Crippen LogP contribution in [0.1, 0.15) is 47.0 Å². The molecule has 1 aromatic heterocycles. The van der Waals surface area contributed by atoms with E-state index in [0.29, 0.717) is 31.2 Å². The van der Waals surface area contributed by atoms with E-state index in [-0.39, 0.29) is 29.3 Å². The lowest BCUT2D eigenvalue weighted by molar-refractivity contribution is -0.134. The number of nitrogens with zero attached hydrogens (tertiary/aromatic N) is 3. The van der Waals surface area contributed by atoms with E-state index in [9.17, 15) is 22.4 Å². The highest BCUT2D eigenvalue weighted by atomic mass is 32.2. The first kappa shape index (κ1) is 25.3. The van der Waals surface area contributed by atoms with Gasteiger partial charge in [-0.1, -0.05) is 12.1 Å². The van der Waals surface area contributed by atoms with Crippen LogP contribution in [0.5, 0.6) is 0 Å². The van der Waals surface area contributed by atoms with Crippen LogP contribution in [0.4, 0.5) is 9.18 Å². The van der Waals surface area contributed by atoms with Crippen LogP contribution in [0.3, 0.4) is 0 Å². The van der Waals surface area contributed by atoms with Crippen molar-refractivity contribution in [3.8, 4) is 0 Å². The Morgan fingerprint density at radius 1 is 1.20 bits per heavy atom. The predicted molar refractivity (Wildman–Crippen MR) is 128 cm³/mol. The molecule has 0 radical (unpaired) electrons. The van der Waals surface area contributed by atoms with Crippen molar-refractivity contribution in [3.63, 3.8) is 0 Å². The van der Waals surface area contributed by atoms with Crippen molar-refractivity contribution in [1.82, 2.24) is 19.5 Å². The van der Waals surface area contributed by atoms with Crippen LogP contribution in [0.25, 0.3) is 10.8 Å². The number of carbonyl (C=O) groups is 2. The molecule has 1 saturated carbocycles. The molecule has 1 atom stereocenters. The molecule has 1 aliphatic heterocycles. The number of aromatic nitrogens is 1. The van der Waals surface area contributed by atoms with Gasteiger partial charge in [-0.05, 0) is 53.0 Å². The van der Waals surface area contributed by atoms with Crippen LogP contribution in [0.15, 0.2) is 35.5 Å². The van der Waals surface area contributed by atoms with Gasteiger partial charge in [0.2, 0.25) is 15.9 Å². The summed E-state index contributed by atoms with van der Waals surface area (Å²) in [5.74, 6) is -0.943. The summed E-state index contributed by atoms with van der Waals surface area (Å²) in [5.41, 5.74) is -1.70. The smallest absolute Gasteiger partial charge is 0.408 e. The molecule has 1 aromatic carbocycles. The SMILES string of the molecule is C[C@H]1CN(C(=O)C2(NC(=O)OC(C)(C)C)CC2)CCCN1S(=O)(=O)c1cccc2cncc(F)c12. The van der Waals surface area contributed by atoms with Gasteiger partial charge < -0.3 is 15.0 Å². The molecule has 0 bridgehead atoms.